The van der Waals surface area contributed by atoms with E-state index in [0.29, 0.717) is 24.3 Å². The van der Waals surface area contributed by atoms with E-state index in [1.54, 1.807) is 30.3 Å². The minimum absolute atomic E-state index is 0.00244. The quantitative estimate of drug-likeness (QED) is 0.286. The molecule has 2 aromatic carbocycles. The highest BCUT2D eigenvalue weighted by Crippen LogP contribution is 2.40. The van der Waals surface area contributed by atoms with Crippen molar-refractivity contribution in [3.63, 3.8) is 0 Å². The van der Waals surface area contributed by atoms with Gasteiger partial charge in [-0.15, -0.1) is 0 Å². The third kappa shape index (κ3) is 6.55. The minimum atomic E-state index is -4.24. The molecule has 3 aromatic rings. The Morgan fingerprint density at radius 2 is 1.79 bits per heavy atom. The van der Waals surface area contributed by atoms with Gasteiger partial charge in [0, 0.05) is 24.8 Å². The maximum absolute atomic E-state index is 13.7. The average Bonchev–Trinajstić information content (AvgIpc) is 3.59. The maximum atomic E-state index is 13.7. The van der Waals surface area contributed by atoms with Gasteiger partial charge >= 0.3 is 0 Å². The lowest BCUT2D eigenvalue weighted by molar-refractivity contribution is -0.131. The van der Waals surface area contributed by atoms with Crippen LogP contribution in [0.5, 0.6) is 0 Å². The number of aromatic nitrogens is 1. The van der Waals surface area contributed by atoms with Crippen LogP contribution in [0, 0.1) is 0 Å². The molecule has 10 heteroatoms. The third-order valence-corrected chi connectivity index (χ3v) is 9.44. The number of unbranched alkanes of at least 4 members (excludes halogenated alkanes) is 1. The zero-order valence-electron chi connectivity index (χ0n) is 24.7. The first-order valence-corrected chi connectivity index (χ1v) is 16.4. The summed E-state index contributed by atoms with van der Waals surface area (Å²) in [7, 11) is -4.24. The lowest BCUT2D eigenvalue weighted by atomic mass is 9.96. The van der Waals surface area contributed by atoms with Gasteiger partial charge in [-0.25, -0.2) is 13.1 Å². The average molecular weight is 603 g/mol. The van der Waals surface area contributed by atoms with Crippen molar-refractivity contribution in [1.29, 1.82) is 0 Å². The summed E-state index contributed by atoms with van der Waals surface area (Å²) in [6.07, 6.45) is 7.82. The number of carbonyl (C=O) groups is 2. The SMILES string of the molecule is CCCCC1=NC2(CCCC2)C(=O)N1Cc1ccc(-c2ccccc2S(=O)(=O)NC(=O)c2ccccn2)c(COCC)c1. The maximum Gasteiger partial charge on any atom is 0.283 e. The molecule has 1 aliphatic carbocycles. The zero-order valence-corrected chi connectivity index (χ0v) is 25.5. The first-order chi connectivity index (χ1) is 20.8. The lowest BCUT2D eigenvalue weighted by Crippen LogP contribution is -2.40. The van der Waals surface area contributed by atoms with Gasteiger partial charge in [0.1, 0.15) is 17.1 Å². The van der Waals surface area contributed by atoms with Gasteiger partial charge in [-0.05, 0) is 61.1 Å². The first-order valence-electron chi connectivity index (χ1n) is 15.0. The van der Waals surface area contributed by atoms with Gasteiger partial charge in [-0.2, -0.15) is 0 Å². The summed E-state index contributed by atoms with van der Waals surface area (Å²) < 4.78 is 34.9. The summed E-state index contributed by atoms with van der Waals surface area (Å²) in [5, 5.41) is 0. The number of nitrogens with one attached hydrogen (secondary N) is 1. The van der Waals surface area contributed by atoms with Crippen LogP contribution in [0.1, 0.15) is 80.4 Å². The molecule has 1 aliphatic heterocycles. The molecule has 2 amide bonds. The fraction of sp³-hybridized carbons (Fsp3) is 0.394. The number of pyridine rings is 1. The highest BCUT2D eigenvalue weighted by Gasteiger charge is 2.49. The van der Waals surface area contributed by atoms with Crippen LogP contribution in [0.2, 0.25) is 0 Å². The van der Waals surface area contributed by atoms with Crippen LogP contribution < -0.4 is 4.72 Å². The fourth-order valence-electron chi connectivity index (χ4n) is 5.87. The van der Waals surface area contributed by atoms with E-state index < -0.39 is 21.5 Å². The molecule has 0 atom stereocenters. The summed E-state index contributed by atoms with van der Waals surface area (Å²) in [5.41, 5.74) is 2.20. The monoisotopic (exact) mass is 602 g/mol. The molecule has 0 radical (unpaired) electrons. The van der Waals surface area contributed by atoms with Crippen molar-refractivity contribution in [2.75, 3.05) is 6.61 Å². The molecule has 2 aliphatic rings. The molecule has 1 saturated carbocycles. The molecule has 9 nitrogen and oxygen atoms in total. The number of hydrogen-bond acceptors (Lipinski definition) is 7. The predicted octanol–water partition coefficient (Wildman–Crippen LogP) is 5.65. The van der Waals surface area contributed by atoms with Crippen molar-refractivity contribution >= 4 is 27.7 Å². The third-order valence-electron chi connectivity index (χ3n) is 8.05. The number of rotatable bonds is 12. The van der Waals surface area contributed by atoms with Crippen LogP contribution in [-0.2, 0) is 32.7 Å². The van der Waals surface area contributed by atoms with E-state index in [4.69, 9.17) is 9.73 Å². The second-order valence-corrected chi connectivity index (χ2v) is 12.7. The van der Waals surface area contributed by atoms with Crippen LogP contribution >= 0.6 is 0 Å². The first kappa shape index (κ1) is 30.6. The molecule has 1 fully saturated rings. The zero-order chi connectivity index (χ0) is 30.5. The van der Waals surface area contributed by atoms with Crippen LogP contribution in [0.3, 0.4) is 0 Å². The lowest BCUT2D eigenvalue weighted by Gasteiger charge is -2.23. The summed E-state index contributed by atoms with van der Waals surface area (Å²) in [6.45, 7) is 5.15. The number of carbonyl (C=O) groups excluding carboxylic acids is 2. The normalized spacial score (nSPS) is 16.1. The van der Waals surface area contributed by atoms with Gasteiger partial charge in [-0.3, -0.25) is 24.5 Å². The molecular weight excluding hydrogens is 564 g/mol. The van der Waals surface area contributed by atoms with Crippen LogP contribution in [-0.4, -0.2) is 48.1 Å². The molecule has 0 bridgehead atoms. The van der Waals surface area contributed by atoms with Gasteiger partial charge in [0.05, 0.1) is 18.0 Å². The number of benzene rings is 2. The Morgan fingerprint density at radius 1 is 1.02 bits per heavy atom. The van der Waals surface area contributed by atoms with Gasteiger partial charge in [0.15, 0.2) is 0 Å². The van der Waals surface area contributed by atoms with Gasteiger partial charge in [0.25, 0.3) is 21.8 Å². The van der Waals surface area contributed by atoms with Crippen molar-refractivity contribution in [3.05, 3.63) is 83.7 Å². The Hall–Kier alpha value is -3.89. The Kier molecular flexibility index (Phi) is 9.37. The number of nitrogens with zero attached hydrogens (tertiary/aromatic N) is 3. The highest BCUT2D eigenvalue weighted by molar-refractivity contribution is 7.90. The molecule has 5 rings (SSSR count). The number of aliphatic imine (C=N–C) groups is 1. The minimum Gasteiger partial charge on any atom is -0.377 e. The van der Waals surface area contributed by atoms with Crippen molar-refractivity contribution in [1.82, 2.24) is 14.6 Å². The van der Waals surface area contributed by atoms with Crippen molar-refractivity contribution in [2.24, 2.45) is 4.99 Å². The van der Waals surface area contributed by atoms with Crippen LogP contribution in [0.4, 0.5) is 0 Å². The van der Waals surface area contributed by atoms with E-state index in [0.717, 1.165) is 61.9 Å². The summed E-state index contributed by atoms with van der Waals surface area (Å²) >= 11 is 0. The van der Waals surface area contributed by atoms with Crippen molar-refractivity contribution < 1.29 is 22.7 Å². The molecule has 1 N–H and O–H groups in total. The molecule has 0 unspecified atom stereocenters. The topological polar surface area (TPSA) is 118 Å². The van der Waals surface area contributed by atoms with Crippen molar-refractivity contribution in [3.8, 4) is 11.1 Å². The molecule has 226 valence electrons. The van der Waals surface area contributed by atoms with Crippen LogP contribution in [0.25, 0.3) is 11.1 Å². The number of ether oxygens (including phenoxy) is 1. The van der Waals surface area contributed by atoms with E-state index in [-0.39, 0.29) is 23.1 Å². The molecule has 2 heterocycles. The fourth-order valence-corrected chi connectivity index (χ4v) is 7.05. The highest BCUT2D eigenvalue weighted by atomic mass is 32.2. The van der Waals surface area contributed by atoms with E-state index in [9.17, 15) is 18.0 Å². The Morgan fingerprint density at radius 3 is 2.51 bits per heavy atom. The molecular formula is C33H38N4O5S. The van der Waals surface area contributed by atoms with E-state index in [2.05, 4.69) is 16.6 Å². The molecule has 43 heavy (non-hydrogen) atoms. The van der Waals surface area contributed by atoms with E-state index in [1.165, 1.54) is 18.3 Å². The van der Waals surface area contributed by atoms with E-state index in [1.807, 2.05) is 30.0 Å². The number of sulfonamides is 1. The van der Waals surface area contributed by atoms with Gasteiger partial charge in [-0.1, -0.05) is 68.7 Å². The summed E-state index contributed by atoms with van der Waals surface area (Å²) in [4.78, 5) is 37.2. The molecule has 1 aromatic heterocycles. The standard InChI is InChI=1S/C33H38N4O5S/c1-3-5-15-30-35-33(18-9-10-19-33)32(39)37(30)22-24-16-17-26(25(21-24)23-42-4-2)27-12-6-7-14-29(27)43(40,41)36-31(38)28-13-8-11-20-34-28/h6-8,11-14,16-17,20-21H,3-5,9-10,15,18-19,22-23H2,1-2H3,(H,36,38). The Labute approximate surface area is 253 Å². The summed E-state index contributed by atoms with van der Waals surface area (Å²) in [6, 6.07) is 17.1. The van der Waals surface area contributed by atoms with Crippen LogP contribution in [0.15, 0.2) is 76.7 Å². The molecule has 0 saturated heterocycles. The van der Waals surface area contributed by atoms with Gasteiger partial charge in [0.2, 0.25) is 0 Å². The number of amidine groups is 1. The van der Waals surface area contributed by atoms with Gasteiger partial charge < -0.3 is 4.74 Å². The predicted molar refractivity (Wildman–Crippen MR) is 165 cm³/mol. The number of hydrogen-bond donors (Lipinski definition) is 1. The second-order valence-electron chi connectivity index (χ2n) is 11.0. The Balaban J connectivity index is 1.47. The number of amides is 2. The molecule has 1 spiro atoms. The smallest absolute Gasteiger partial charge is 0.283 e. The Bertz CT molecular complexity index is 1620. The largest absolute Gasteiger partial charge is 0.377 e. The van der Waals surface area contributed by atoms with Crippen molar-refractivity contribution in [2.45, 2.75) is 82.4 Å². The van der Waals surface area contributed by atoms with E-state index >= 15 is 0 Å². The second kappa shape index (κ2) is 13.2. The summed E-state index contributed by atoms with van der Waals surface area (Å²) in [5.74, 6) is 0.145.